The van der Waals surface area contributed by atoms with Crippen LogP contribution in [0.5, 0.6) is 0 Å². The van der Waals surface area contributed by atoms with Crippen molar-refractivity contribution in [3.05, 3.63) is 57.4 Å². The minimum Gasteiger partial charge on any atom is -0.378 e. The van der Waals surface area contributed by atoms with Gasteiger partial charge in [0.05, 0.1) is 0 Å². The first-order valence-electron chi connectivity index (χ1n) is 6.17. The largest absolute Gasteiger partial charge is 0.378 e. The van der Waals surface area contributed by atoms with E-state index in [4.69, 9.17) is 0 Å². The summed E-state index contributed by atoms with van der Waals surface area (Å²) in [6.45, 7) is 0. The molecule has 0 N–H and O–H groups in total. The maximum atomic E-state index is 2.34. The van der Waals surface area contributed by atoms with Gasteiger partial charge in [-0.25, -0.2) is 0 Å². The van der Waals surface area contributed by atoms with E-state index in [2.05, 4.69) is 108 Å². The lowest BCUT2D eigenvalue weighted by molar-refractivity contribution is -0.684. The Hall–Kier alpha value is -1.36. The van der Waals surface area contributed by atoms with Gasteiger partial charge in [-0.05, 0) is 23.3 Å². The highest BCUT2D eigenvalue weighted by Crippen LogP contribution is 2.14. The Morgan fingerprint density at radius 3 is 2.21 bits per heavy atom. The van der Waals surface area contributed by atoms with Gasteiger partial charge in [0.25, 0.3) is 0 Å². The van der Waals surface area contributed by atoms with Gasteiger partial charge in [-0.2, -0.15) is 4.57 Å². The third-order valence-electron chi connectivity index (χ3n) is 2.99. The molecule has 0 saturated heterocycles. The monoisotopic (exact) mass is 365 g/mol. The number of pyridine rings is 1. The summed E-state index contributed by atoms with van der Waals surface area (Å²) in [6, 6.07) is 12.8. The molecule has 2 aromatic rings. The number of hydrogen-bond acceptors (Lipinski definition) is 1. The van der Waals surface area contributed by atoms with Gasteiger partial charge >= 0.3 is 0 Å². The smallest absolute Gasteiger partial charge is 0.241 e. The summed E-state index contributed by atoms with van der Waals surface area (Å²) in [4.78, 5) is 2.10. The molecule has 1 aromatic heterocycles. The first kappa shape index (κ1) is 14.1. The normalized spacial score (nSPS) is 10.9. The molecule has 1 aromatic carbocycles. The fourth-order valence-corrected chi connectivity index (χ4v) is 2.26. The Kier molecular flexibility index (Phi) is 4.58. The van der Waals surface area contributed by atoms with Crippen molar-refractivity contribution in [2.45, 2.75) is 0 Å². The molecule has 2 rings (SSSR count). The van der Waals surface area contributed by atoms with E-state index in [0.29, 0.717) is 0 Å². The molecular weight excluding hydrogens is 347 g/mol. The molecule has 0 fully saturated rings. The maximum Gasteiger partial charge on any atom is 0.241 e. The number of halogens is 1. The summed E-state index contributed by atoms with van der Waals surface area (Å²) in [6.07, 6.45) is 6.37. The molecule has 98 valence electrons. The van der Waals surface area contributed by atoms with E-state index in [1.807, 2.05) is 0 Å². The molecule has 0 atom stereocenters. The number of rotatable bonds is 3. The third kappa shape index (κ3) is 3.80. The molecule has 0 aliphatic rings. The van der Waals surface area contributed by atoms with Gasteiger partial charge in [-0.15, -0.1) is 0 Å². The lowest BCUT2D eigenvalue weighted by Crippen LogP contribution is -2.31. The molecule has 0 radical (unpaired) electrons. The lowest BCUT2D eigenvalue weighted by Gasteiger charge is -2.11. The van der Waals surface area contributed by atoms with Crippen LogP contribution in [-0.4, -0.2) is 14.1 Å². The minimum absolute atomic E-state index is 1.22. The minimum atomic E-state index is 1.22. The fraction of sp³-hybridized carbons (Fsp3) is 0.188. The number of aryl methyl sites for hydroxylation is 1. The molecular formula is C16H18IN2+. The molecule has 0 aliphatic carbocycles. The molecule has 0 spiro atoms. The SMILES string of the molecule is CN(C)c1ccc(/C=C/c2cc[n+](C)c(I)c2)cc1. The Bertz CT molecular complexity index is 586. The molecule has 0 saturated carbocycles. The van der Waals surface area contributed by atoms with Crippen LogP contribution in [0.15, 0.2) is 42.6 Å². The quantitative estimate of drug-likeness (QED) is 0.460. The van der Waals surface area contributed by atoms with Crippen molar-refractivity contribution in [2.75, 3.05) is 19.0 Å². The van der Waals surface area contributed by atoms with Crippen LogP contribution in [0.25, 0.3) is 12.2 Å². The van der Waals surface area contributed by atoms with E-state index in [-0.39, 0.29) is 0 Å². The van der Waals surface area contributed by atoms with Crippen LogP contribution in [-0.2, 0) is 7.05 Å². The zero-order chi connectivity index (χ0) is 13.8. The van der Waals surface area contributed by atoms with Gasteiger partial charge in [0.2, 0.25) is 3.70 Å². The van der Waals surface area contributed by atoms with E-state index in [9.17, 15) is 0 Å². The van der Waals surface area contributed by atoms with E-state index in [1.165, 1.54) is 20.5 Å². The Labute approximate surface area is 128 Å². The van der Waals surface area contributed by atoms with Crippen LogP contribution in [0.3, 0.4) is 0 Å². The highest BCUT2D eigenvalue weighted by atomic mass is 127. The third-order valence-corrected chi connectivity index (χ3v) is 4.06. The first-order chi connectivity index (χ1) is 9.06. The van der Waals surface area contributed by atoms with Crippen molar-refractivity contribution in [1.29, 1.82) is 0 Å². The predicted molar refractivity (Wildman–Crippen MR) is 90.0 cm³/mol. The average molecular weight is 365 g/mol. The van der Waals surface area contributed by atoms with Crippen LogP contribution in [0.2, 0.25) is 0 Å². The predicted octanol–water partition coefficient (Wildman–Crippen LogP) is 3.35. The average Bonchev–Trinajstić information content (AvgIpc) is 2.40. The van der Waals surface area contributed by atoms with Gasteiger partial charge in [0.1, 0.15) is 7.05 Å². The second kappa shape index (κ2) is 6.19. The molecule has 2 nitrogen and oxygen atoms in total. The van der Waals surface area contributed by atoms with Crippen molar-refractivity contribution in [1.82, 2.24) is 0 Å². The topological polar surface area (TPSA) is 7.12 Å². The fourth-order valence-electron chi connectivity index (χ4n) is 1.74. The van der Waals surface area contributed by atoms with E-state index < -0.39 is 0 Å². The lowest BCUT2D eigenvalue weighted by atomic mass is 10.1. The number of anilines is 1. The van der Waals surface area contributed by atoms with Crippen molar-refractivity contribution in [2.24, 2.45) is 7.05 Å². The van der Waals surface area contributed by atoms with E-state index in [0.717, 1.165) is 0 Å². The van der Waals surface area contributed by atoms with E-state index in [1.54, 1.807) is 0 Å². The Balaban J connectivity index is 2.15. The highest BCUT2D eigenvalue weighted by Gasteiger charge is 2.01. The summed E-state index contributed by atoms with van der Waals surface area (Å²) in [5, 5.41) is 0. The Morgan fingerprint density at radius 1 is 1.00 bits per heavy atom. The number of benzene rings is 1. The molecule has 1 heterocycles. The molecule has 0 amide bonds. The standard InChI is InChI=1S/C16H18IN2/c1-18(2)15-8-6-13(7-9-15)4-5-14-10-11-19(3)16(17)12-14/h4-12H,1-3H3/q+1. The summed E-state index contributed by atoms with van der Waals surface area (Å²) in [5.74, 6) is 0. The van der Waals surface area contributed by atoms with Crippen molar-refractivity contribution >= 4 is 40.4 Å². The van der Waals surface area contributed by atoms with Gasteiger partial charge in [0.15, 0.2) is 6.20 Å². The second-order valence-electron chi connectivity index (χ2n) is 4.71. The number of aromatic nitrogens is 1. The van der Waals surface area contributed by atoms with Gasteiger partial charge < -0.3 is 4.90 Å². The molecule has 19 heavy (non-hydrogen) atoms. The van der Waals surface area contributed by atoms with Crippen LogP contribution >= 0.6 is 22.6 Å². The highest BCUT2D eigenvalue weighted by molar-refractivity contribution is 14.1. The summed E-state index contributed by atoms with van der Waals surface area (Å²) in [7, 11) is 6.16. The zero-order valence-corrected chi connectivity index (χ0v) is 13.6. The van der Waals surface area contributed by atoms with Crippen LogP contribution < -0.4 is 9.47 Å². The van der Waals surface area contributed by atoms with Gasteiger partial charge in [0, 0.05) is 54.5 Å². The summed E-state index contributed by atoms with van der Waals surface area (Å²) >= 11 is 2.34. The van der Waals surface area contributed by atoms with Crippen molar-refractivity contribution in [3.63, 3.8) is 0 Å². The van der Waals surface area contributed by atoms with Crippen LogP contribution in [0.4, 0.5) is 5.69 Å². The molecule has 0 bridgehead atoms. The van der Waals surface area contributed by atoms with E-state index >= 15 is 0 Å². The molecule has 0 aliphatic heterocycles. The summed E-state index contributed by atoms with van der Waals surface area (Å²) in [5.41, 5.74) is 3.66. The number of hydrogen-bond donors (Lipinski definition) is 0. The molecule has 0 unspecified atom stereocenters. The van der Waals surface area contributed by atoms with Crippen LogP contribution in [0, 0.1) is 3.70 Å². The van der Waals surface area contributed by atoms with Crippen LogP contribution in [0.1, 0.15) is 11.1 Å². The first-order valence-corrected chi connectivity index (χ1v) is 7.25. The van der Waals surface area contributed by atoms with Gasteiger partial charge in [-0.1, -0.05) is 24.3 Å². The van der Waals surface area contributed by atoms with Crippen molar-refractivity contribution in [3.8, 4) is 0 Å². The zero-order valence-electron chi connectivity index (χ0n) is 11.5. The Morgan fingerprint density at radius 2 is 1.63 bits per heavy atom. The molecule has 3 heteroatoms. The summed E-state index contributed by atoms with van der Waals surface area (Å²) < 4.78 is 3.33. The second-order valence-corrected chi connectivity index (χ2v) is 5.82. The van der Waals surface area contributed by atoms with Crippen molar-refractivity contribution < 1.29 is 4.57 Å². The maximum absolute atomic E-state index is 2.34. The van der Waals surface area contributed by atoms with Gasteiger partial charge in [-0.3, -0.25) is 0 Å². The number of nitrogens with zero attached hydrogens (tertiary/aromatic N) is 2.